The lowest BCUT2D eigenvalue weighted by Gasteiger charge is -2.18. The normalized spacial score (nSPS) is 10.6. The van der Waals surface area contributed by atoms with Crippen molar-refractivity contribution in [3.8, 4) is 17.0 Å². The van der Waals surface area contributed by atoms with Crippen molar-refractivity contribution in [3.05, 3.63) is 77.7 Å². The van der Waals surface area contributed by atoms with E-state index >= 15 is 0 Å². The van der Waals surface area contributed by atoms with Crippen LogP contribution in [0, 0.1) is 5.82 Å². The monoisotopic (exact) mass is 434 g/mol. The van der Waals surface area contributed by atoms with Gasteiger partial charge in [0.2, 0.25) is 11.8 Å². The van der Waals surface area contributed by atoms with Gasteiger partial charge in [-0.2, -0.15) is 0 Å². The van der Waals surface area contributed by atoms with Gasteiger partial charge in [0.25, 0.3) is 0 Å². The molecule has 1 heterocycles. The largest absolute Gasteiger partial charge is 0.481 e. The Hall–Kier alpha value is -3.54. The van der Waals surface area contributed by atoms with Crippen molar-refractivity contribution < 1.29 is 18.7 Å². The fourth-order valence-corrected chi connectivity index (χ4v) is 3.40. The molecule has 0 saturated heterocycles. The number of carbonyl (C=O) groups excluding carboxylic acids is 2. The van der Waals surface area contributed by atoms with Crippen LogP contribution in [0.15, 0.2) is 60.8 Å². The average molecular weight is 435 g/mol. The minimum absolute atomic E-state index is 0.0324. The summed E-state index contributed by atoms with van der Waals surface area (Å²) in [6.45, 7) is 1.91. The Labute approximate surface area is 187 Å². The van der Waals surface area contributed by atoms with Gasteiger partial charge in [-0.1, -0.05) is 43.3 Å². The highest BCUT2D eigenvalue weighted by atomic mass is 19.1. The van der Waals surface area contributed by atoms with Crippen molar-refractivity contribution in [2.45, 2.75) is 32.6 Å². The molecular weight excluding hydrogens is 407 g/mol. The molecule has 0 aliphatic carbocycles. The average Bonchev–Trinajstić information content (AvgIpc) is 2.82. The van der Waals surface area contributed by atoms with E-state index in [1.807, 2.05) is 25.1 Å². The number of aryl methyl sites for hydroxylation is 1. The molecule has 0 N–H and O–H groups in total. The molecule has 0 bridgehead atoms. The number of benzene rings is 2. The molecule has 0 spiro atoms. The van der Waals surface area contributed by atoms with Crippen LogP contribution in [0.3, 0.4) is 0 Å². The number of anilines is 1. The minimum Gasteiger partial charge on any atom is -0.481 e. The Kier molecular flexibility index (Phi) is 7.71. The third kappa shape index (κ3) is 5.58. The van der Waals surface area contributed by atoms with Crippen LogP contribution in [0.4, 0.5) is 10.1 Å². The summed E-state index contributed by atoms with van der Waals surface area (Å²) >= 11 is 0. The first kappa shape index (κ1) is 23.1. The lowest BCUT2D eigenvalue weighted by molar-refractivity contribution is -0.118. The fraction of sp³-hybridized carbons (Fsp3) is 0.269. The van der Waals surface area contributed by atoms with Crippen LogP contribution >= 0.6 is 0 Å². The Balaban J connectivity index is 1.66. The van der Waals surface area contributed by atoms with Crippen LogP contribution in [0.1, 0.15) is 42.1 Å². The lowest BCUT2D eigenvalue weighted by atomic mass is 9.99. The summed E-state index contributed by atoms with van der Waals surface area (Å²) in [4.78, 5) is 30.1. The molecule has 0 fully saturated rings. The second-order valence-corrected chi connectivity index (χ2v) is 7.58. The Morgan fingerprint density at radius 2 is 1.72 bits per heavy atom. The van der Waals surface area contributed by atoms with E-state index in [0.29, 0.717) is 42.7 Å². The molecule has 166 valence electrons. The summed E-state index contributed by atoms with van der Waals surface area (Å²) < 4.78 is 19.7. The first-order chi connectivity index (χ1) is 15.4. The van der Waals surface area contributed by atoms with Crippen molar-refractivity contribution in [1.82, 2.24) is 4.98 Å². The van der Waals surface area contributed by atoms with E-state index < -0.39 is 5.82 Å². The van der Waals surface area contributed by atoms with E-state index in [0.717, 1.165) is 11.1 Å². The van der Waals surface area contributed by atoms with Gasteiger partial charge >= 0.3 is 0 Å². The maximum absolute atomic E-state index is 14.6. The third-order valence-corrected chi connectivity index (χ3v) is 5.33. The molecule has 1 aromatic heterocycles. The maximum Gasteiger partial charge on any atom is 0.226 e. The van der Waals surface area contributed by atoms with E-state index in [2.05, 4.69) is 4.98 Å². The van der Waals surface area contributed by atoms with Gasteiger partial charge in [0.1, 0.15) is 5.82 Å². The van der Waals surface area contributed by atoms with Crippen LogP contribution < -0.4 is 9.64 Å². The first-order valence-electron chi connectivity index (χ1n) is 10.6. The maximum atomic E-state index is 14.6. The molecule has 3 aromatic rings. The molecule has 0 atom stereocenters. The van der Waals surface area contributed by atoms with Gasteiger partial charge < -0.3 is 9.64 Å². The van der Waals surface area contributed by atoms with E-state index in [9.17, 15) is 14.0 Å². The smallest absolute Gasteiger partial charge is 0.226 e. The van der Waals surface area contributed by atoms with Crippen molar-refractivity contribution in [2.75, 3.05) is 19.1 Å². The number of carbonyl (C=O) groups is 2. The highest BCUT2D eigenvalue weighted by Gasteiger charge is 2.15. The molecule has 6 heteroatoms. The second-order valence-electron chi connectivity index (χ2n) is 7.58. The van der Waals surface area contributed by atoms with Crippen molar-refractivity contribution in [1.29, 1.82) is 0 Å². The highest BCUT2D eigenvalue weighted by molar-refractivity contribution is 5.96. The molecule has 0 aliphatic heterocycles. The highest BCUT2D eigenvalue weighted by Crippen LogP contribution is 2.27. The Bertz CT molecular complexity index is 1080. The number of rotatable bonds is 9. The van der Waals surface area contributed by atoms with Crippen LogP contribution in [-0.4, -0.2) is 30.8 Å². The van der Waals surface area contributed by atoms with Gasteiger partial charge in [-0.3, -0.25) is 9.59 Å². The zero-order valence-corrected chi connectivity index (χ0v) is 18.6. The summed E-state index contributed by atoms with van der Waals surface area (Å²) in [5.41, 5.74) is 3.32. The summed E-state index contributed by atoms with van der Waals surface area (Å²) in [5.74, 6) is -0.000519. The SMILES string of the molecule is CCCC(=O)N(C)c1ccc(-c2ccc(C(=O)CCc3ccc(OC)nc3)cc2)cc1F. The quantitative estimate of drug-likeness (QED) is 0.419. The van der Waals surface area contributed by atoms with Gasteiger partial charge in [0.05, 0.1) is 12.8 Å². The van der Waals surface area contributed by atoms with Crippen molar-refractivity contribution >= 4 is 17.4 Å². The van der Waals surface area contributed by atoms with E-state index in [-0.39, 0.29) is 17.4 Å². The first-order valence-corrected chi connectivity index (χ1v) is 10.6. The summed E-state index contributed by atoms with van der Waals surface area (Å²) in [7, 11) is 3.14. The van der Waals surface area contributed by atoms with Crippen LogP contribution in [0.2, 0.25) is 0 Å². The summed E-state index contributed by atoms with van der Waals surface area (Å²) in [5, 5.41) is 0. The third-order valence-electron chi connectivity index (χ3n) is 5.33. The molecular formula is C26H27FN2O3. The van der Waals surface area contributed by atoms with E-state index in [4.69, 9.17) is 4.74 Å². The number of ether oxygens (including phenoxy) is 1. The molecule has 32 heavy (non-hydrogen) atoms. The Morgan fingerprint density at radius 1 is 1.00 bits per heavy atom. The van der Waals surface area contributed by atoms with Crippen molar-refractivity contribution in [2.24, 2.45) is 0 Å². The number of halogens is 1. The van der Waals surface area contributed by atoms with E-state index in [1.165, 1.54) is 11.0 Å². The summed E-state index contributed by atoms with van der Waals surface area (Å²) in [6.07, 6.45) is 3.76. The number of nitrogens with zero attached hydrogens (tertiary/aromatic N) is 2. The number of methoxy groups -OCH3 is 1. The molecule has 0 saturated carbocycles. The predicted molar refractivity (Wildman–Crippen MR) is 124 cm³/mol. The van der Waals surface area contributed by atoms with Gasteiger partial charge in [0.15, 0.2) is 5.78 Å². The number of hydrogen-bond donors (Lipinski definition) is 0. The molecule has 2 aromatic carbocycles. The van der Waals surface area contributed by atoms with Crippen LogP contribution in [0.25, 0.3) is 11.1 Å². The van der Waals surface area contributed by atoms with Gasteiger partial charge in [-0.25, -0.2) is 9.37 Å². The molecule has 5 nitrogen and oxygen atoms in total. The van der Waals surface area contributed by atoms with Gasteiger partial charge in [-0.05, 0) is 41.7 Å². The fourth-order valence-electron chi connectivity index (χ4n) is 3.40. The number of aromatic nitrogens is 1. The van der Waals surface area contributed by atoms with Crippen LogP contribution in [-0.2, 0) is 11.2 Å². The number of ketones is 1. The zero-order chi connectivity index (χ0) is 23.1. The molecule has 3 rings (SSSR count). The number of Topliss-reactive ketones (excluding diaryl/α,β-unsaturated/α-hetero) is 1. The topological polar surface area (TPSA) is 59.5 Å². The molecule has 1 amide bonds. The number of amides is 1. The minimum atomic E-state index is -0.456. The zero-order valence-electron chi connectivity index (χ0n) is 18.6. The summed E-state index contributed by atoms with van der Waals surface area (Å²) in [6, 6.07) is 15.6. The standard InChI is InChI=1S/C26H27FN2O3/c1-4-5-26(31)29(2)23-13-12-21(16-22(23)27)19-8-10-20(11-9-19)24(30)14-6-18-7-15-25(32-3)28-17-18/h7-13,15-17H,4-6,14H2,1-3H3. The molecule has 0 radical (unpaired) electrons. The van der Waals surface area contributed by atoms with E-state index in [1.54, 1.807) is 50.7 Å². The van der Waals surface area contributed by atoms with Crippen LogP contribution in [0.5, 0.6) is 5.88 Å². The second kappa shape index (κ2) is 10.7. The molecule has 0 unspecified atom stereocenters. The van der Waals surface area contributed by atoms with Crippen molar-refractivity contribution in [3.63, 3.8) is 0 Å². The van der Waals surface area contributed by atoms with Gasteiger partial charge in [0, 0.05) is 37.7 Å². The number of hydrogen-bond acceptors (Lipinski definition) is 4. The predicted octanol–water partition coefficient (Wildman–Crippen LogP) is 5.47. The lowest BCUT2D eigenvalue weighted by Crippen LogP contribution is -2.26. The molecule has 0 aliphatic rings. The Morgan fingerprint density at radius 3 is 2.31 bits per heavy atom. The number of pyridine rings is 1. The van der Waals surface area contributed by atoms with Gasteiger partial charge in [-0.15, -0.1) is 0 Å².